The quantitative estimate of drug-likeness (QED) is 0.677. The molecule has 1 aromatic carbocycles. The number of hydrogen-bond donors (Lipinski definition) is 0. The van der Waals surface area contributed by atoms with Gasteiger partial charge in [-0.15, -0.1) is 0 Å². The SMILES string of the molecule is CCCS(=O)(=O)c1ccccc1N1CCCC1CCCBr. The van der Waals surface area contributed by atoms with E-state index in [1.54, 1.807) is 6.07 Å². The Kier molecular flexibility index (Phi) is 6.11. The van der Waals surface area contributed by atoms with Crippen LogP contribution in [0.25, 0.3) is 0 Å². The van der Waals surface area contributed by atoms with Gasteiger partial charge in [-0.25, -0.2) is 8.42 Å². The lowest BCUT2D eigenvalue weighted by molar-refractivity contribution is 0.588. The standard InChI is InChI=1S/C16H24BrNO2S/c1-2-13-21(19,20)16-10-4-3-9-15(16)18-12-6-8-14(18)7-5-11-17/h3-4,9-10,14H,2,5-8,11-13H2,1H3. The number of halogens is 1. The molecule has 3 nitrogen and oxygen atoms in total. The zero-order valence-corrected chi connectivity index (χ0v) is 15.0. The number of anilines is 1. The van der Waals surface area contributed by atoms with Crippen LogP contribution in [0.1, 0.15) is 39.0 Å². The lowest BCUT2D eigenvalue weighted by atomic mass is 10.1. The molecule has 1 unspecified atom stereocenters. The van der Waals surface area contributed by atoms with Crippen LogP contribution in [0.5, 0.6) is 0 Å². The Hall–Kier alpha value is -0.550. The van der Waals surface area contributed by atoms with Gasteiger partial charge >= 0.3 is 0 Å². The summed E-state index contributed by atoms with van der Waals surface area (Å²) in [7, 11) is -3.17. The van der Waals surface area contributed by atoms with Gasteiger partial charge in [-0.1, -0.05) is 35.0 Å². The predicted molar refractivity (Wildman–Crippen MR) is 92.2 cm³/mol. The minimum atomic E-state index is -3.17. The number of alkyl halides is 1. The third kappa shape index (κ3) is 4.01. The highest BCUT2D eigenvalue weighted by molar-refractivity contribution is 9.09. The largest absolute Gasteiger partial charge is 0.367 e. The van der Waals surface area contributed by atoms with Gasteiger partial charge in [-0.3, -0.25) is 0 Å². The van der Waals surface area contributed by atoms with Gasteiger partial charge in [0, 0.05) is 17.9 Å². The van der Waals surface area contributed by atoms with Gasteiger partial charge < -0.3 is 4.90 Å². The molecule has 0 amide bonds. The van der Waals surface area contributed by atoms with Crippen molar-refractivity contribution in [2.24, 2.45) is 0 Å². The van der Waals surface area contributed by atoms with Gasteiger partial charge in [0.1, 0.15) is 0 Å². The van der Waals surface area contributed by atoms with Crippen LogP contribution in [-0.2, 0) is 9.84 Å². The molecule has 0 radical (unpaired) electrons. The van der Waals surface area contributed by atoms with E-state index in [0.29, 0.717) is 17.4 Å². The molecule has 0 aliphatic carbocycles. The Labute approximate surface area is 136 Å². The smallest absolute Gasteiger partial charge is 0.180 e. The Balaban J connectivity index is 2.31. The van der Waals surface area contributed by atoms with E-state index in [4.69, 9.17) is 0 Å². The Morgan fingerprint density at radius 1 is 1.33 bits per heavy atom. The van der Waals surface area contributed by atoms with E-state index in [2.05, 4.69) is 20.8 Å². The van der Waals surface area contributed by atoms with Crippen LogP contribution in [0.3, 0.4) is 0 Å². The van der Waals surface area contributed by atoms with Crippen molar-refractivity contribution in [2.75, 3.05) is 22.5 Å². The van der Waals surface area contributed by atoms with Gasteiger partial charge in [0.25, 0.3) is 0 Å². The van der Waals surface area contributed by atoms with Crippen LogP contribution < -0.4 is 4.90 Å². The van der Waals surface area contributed by atoms with Crippen LogP contribution >= 0.6 is 15.9 Å². The van der Waals surface area contributed by atoms with Crippen LogP contribution in [0.15, 0.2) is 29.2 Å². The number of sulfone groups is 1. The molecule has 0 bridgehead atoms. The monoisotopic (exact) mass is 373 g/mol. The molecule has 0 saturated carbocycles. The maximum absolute atomic E-state index is 12.5. The lowest BCUT2D eigenvalue weighted by Crippen LogP contribution is -2.30. The number of hydrogen-bond acceptors (Lipinski definition) is 3. The topological polar surface area (TPSA) is 37.4 Å². The van der Waals surface area contributed by atoms with Gasteiger partial charge in [-0.05, 0) is 44.2 Å². The second-order valence-electron chi connectivity index (χ2n) is 5.61. The van der Waals surface area contributed by atoms with Crippen molar-refractivity contribution in [3.63, 3.8) is 0 Å². The summed E-state index contributed by atoms with van der Waals surface area (Å²) in [4.78, 5) is 2.82. The first-order valence-electron chi connectivity index (χ1n) is 7.74. The molecule has 2 rings (SSSR count). The molecule has 5 heteroatoms. The van der Waals surface area contributed by atoms with E-state index in [-0.39, 0.29) is 5.75 Å². The fourth-order valence-electron chi connectivity index (χ4n) is 3.10. The second kappa shape index (κ2) is 7.63. The molecule has 1 aromatic rings. The van der Waals surface area contributed by atoms with E-state index >= 15 is 0 Å². The van der Waals surface area contributed by atoms with Gasteiger partial charge in [0.2, 0.25) is 0 Å². The Bertz CT molecular complexity index is 559. The van der Waals surface area contributed by atoms with Crippen molar-refractivity contribution in [1.82, 2.24) is 0 Å². The van der Waals surface area contributed by atoms with Crippen LogP contribution in [0.2, 0.25) is 0 Å². The fourth-order valence-corrected chi connectivity index (χ4v) is 4.97. The highest BCUT2D eigenvalue weighted by Crippen LogP contribution is 2.33. The van der Waals surface area contributed by atoms with Crippen LogP contribution in [0.4, 0.5) is 5.69 Å². The molecule has 0 aromatic heterocycles. The Morgan fingerprint density at radius 2 is 2.10 bits per heavy atom. The van der Waals surface area contributed by atoms with Crippen molar-refractivity contribution in [3.8, 4) is 0 Å². The number of para-hydroxylation sites is 1. The molecule has 1 saturated heterocycles. The minimum absolute atomic E-state index is 0.226. The fraction of sp³-hybridized carbons (Fsp3) is 0.625. The third-order valence-corrected chi connectivity index (χ3v) is 6.55. The minimum Gasteiger partial charge on any atom is -0.367 e. The predicted octanol–water partition coefficient (Wildman–Crippen LogP) is 4.01. The van der Waals surface area contributed by atoms with E-state index in [1.165, 1.54) is 0 Å². The average Bonchev–Trinajstić information content (AvgIpc) is 2.93. The van der Waals surface area contributed by atoms with E-state index in [0.717, 1.165) is 43.2 Å². The zero-order chi connectivity index (χ0) is 15.3. The molecule has 1 heterocycles. The van der Waals surface area contributed by atoms with Crippen molar-refractivity contribution in [3.05, 3.63) is 24.3 Å². The first-order chi connectivity index (χ1) is 10.1. The average molecular weight is 374 g/mol. The Morgan fingerprint density at radius 3 is 2.81 bits per heavy atom. The normalized spacial score (nSPS) is 19.1. The van der Waals surface area contributed by atoms with Gasteiger partial charge in [0.15, 0.2) is 9.84 Å². The molecular weight excluding hydrogens is 350 g/mol. The summed E-state index contributed by atoms with van der Waals surface area (Å²) in [6.07, 6.45) is 5.21. The molecular formula is C16H24BrNO2S. The lowest BCUT2D eigenvalue weighted by Gasteiger charge is -2.28. The molecule has 1 atom stereocenters. The van der Waals surface area contributed by atoms with Crippen LogP contribution in [-0.4, -0.2) is 32.1 Å². The van der Waals surface area contributed by atoms with Gasteiger partial charge in [0.05, 0.1) is 16.3 Å². The first kappa shape index (κ1) is 16.8. The number of rotatable bonds is 7. The molecule has 1 fully saturated rings. The number of nitrogens with zero attached hydrogens (tertiary/aromatic N) is 1. The molecule has 0 N–H and O–H groups in total. The van der Waals surface area contributed by atoms with Gasteiger partial charge in [-0.2, -0.15) is 0 Å². The third-order valence-electron chi connectivity index (χ3n) is 4.03. The van der Waals surface area contributed by atoms with Crippen molar-refractivity contribution < 1.29 is 8.42 Å². The summed E-state index contributed by atoms with van der Waals surface area (Å²) in [5.74, 6) is 0.226. The molecule has 0 spiro atoms. The summed E-state index contributed by atoms with van der Waals surface area (Å²) in [5.41, 5.74) is 0.906. The second-order valence-corrected chi connectivity index (χ2v) is 8.48. The highest BCUT2D eigenvalue weighted by Gasteiger charge is 2.28. The van der Waals surface area contributed by atoms with E-state index < -0.39 is 9.84 Å². The molecule has 118 valence electrons. The maximum atomic E-state index is 12.5. The number of benzene rings is 1. The summed E-state index contributed by atoms with van der Waals surface area (Å²) in [5, 5.41) is 1.01. The summed E-state index contributed by atoms with van der Waals surface area (Å²) in [6, 6.07) is 7.98. The van der Waals surface area contributed by atoms with Crippen molar-refractivity contribution >= 4 is 31.5 Å². The van der Waals surface area contributed by atoms with Crippen LogP contribution in [0, 0.1) is 0 Å². The summed E-state index contributed by atoms with van der Waals surface area (Å²) >= 11 is 3.49. The maximum Gasteiger partial charge on any atom is 0.180 e. The molecule has 21 heavy (non-hydrogen) atoms. The van der Waals surface area contributed by atoms with E-state index in [9.17, 15) is 8.42 Å². The molecule has 1 aliphatic rings. The van der Waals surface area contributed by atoms with Crippen molar-refractivity contribution in [2.45, 2.75) is 50.0 Å². The van der Waals surface area contributed by atoms with Crippen molar-refractivity contribution in [1.29, 1.82) is 0 Å². The molecule has 1 aliphatic heterocycles. The summed E-state index contributed by atoms with van der Waals surface area (Å²) < 4.78 is 25.0. The highest BCUT2D eigenvalue weighted by atomic mass is 79.9. The zero-order valence-electron chi connectivity index (χ0n) is 12.6. The summed E-state index contributed by atoms with van der Waals surface area (Å²) in [6.45, 7) is 2.88. The first-order valence-corrected chi connectivity index (χ1v) is 10.5. The van der Waals surface area contributed by atoms with E-state index in [1.807, 2.05) is 25.1 Å².